The number of Topliss-reactive ketones (excluding diaryl/α,β-unsaturated/α-hetero) is 1. The molecule has 1 aromatic heterocycles. The first-order valence-corrected chi connectivity index (χ1v) is 11.7. The smallest absolute Gasteiger partial charge is 0.328 e. The number of aromatic hydroxyl groups is 1. The summed E-state index contributed by atoms with van der Waals surface area (Å²) in [6.45, 7) is 9.43. The van der Waals surface area contributed by atoms with E-state index in [9.17, 15) is 24.9 Å². The summed E-state index contributed by atoms with van der Waals surface area (Å²) in [5.41, 5.74) is -0.837. The fourth-order valence-corrected chi connectivity index (χ4v) is 7.71. The Morgan fingerprint density at radius 1 is 1.09 bits per heavy atom. The number of ketones is 1. The van der Waals surface area contributed by atoms with Gasteiger partial charge in [0.15, 0.2) is 5.78 Å². The third kappa shape index (κ3) is 2.62. The van der Waals surface area contributed by atoms with Gasteiger partial charge < -0.3 is 15.3 Å². The fraction of sp³-hybridized carbons (Fsp3) is 0.333. The Kier molecular flexibility index (Phi) is 4.20. The van der Waals surface area contributed by atoms with Crippen molar-refractivity contribution in [2.45, 2.75) is 45.6 Å². The molecule has 5 rings (SSSR count). The first kappa shape index (κ1) is 21.9. The highest BCUT2D eigenvalue weighted by Crippen LogP contribution is 2.65. The van der Waals surface area contributed by atoms with E-state index in [1.807, 2.05) is 32.9 Å². The van der Waals surface area contributed by atoms with Crippen LogP contribution in [0.2, 0.25) is 0 Å². The van der Waals surface area contributed by atoms with E-state index in [0.717, 1.165) is 32.9 Å². The second kappa shape index (κ2) is 6.33. The lowest BCUT2D eigenvalue weighted by atomic mass is 9.47. The summed E-state index contributed by atoms with van der Waals surface area (Å²) in [6, 6.07) is 5.15. The number of carbonyl (C=O) groups is 2. The first-order valence-electron chi connectivity index (χ1n) is 10.9. The van der Waals surface area contributed by atoms with E-state index in [1.165, 1.54) is 11.3 Å². The number of fused-ring (bicyclic) bond motifs is 4. The van der Waals surface area contributed by atoms with E-state index < -0.39 is 27.8 Å². The van der Waals surface area contributed by atoms with E-state index in [1.54, 1.807) is 31.2 Å². The van der Waals surface area contributed by atoms with Crippen molar-refractivity contribution in [3.05, 3.63) is 75.7 Å². The monoisotopic (exact) mass is 462 g/mol. The van der Waals surface area contributed by atoms with Crippen molar-refractivity contribution in [2.24, 2.45) is 10.8 Å². The number of allylic oxidation sites excluding steroid dienone is 5. The molecule has 170 valence electrons. The van der Waals surface area contributed by atoms with Gasteiger partial charge >= 0.3 is 5.97 Å². The van der Waals surface area contributed by atoms with Gasteiger partial charge in [0.25, 0.3) is 0 Å². The zero-order chi connectivity index (χ0) is 24.1. The third-order valence-electron chi connectivity index (χ3n) is 7.79. The van der Waals surface area contributed by atoms with E-state index in [-0.39, 0.29) is 11.5 Å². The van der Waals surface area contributed by atoms with Crippen molar-refractivity contribution in [3.8, 4) is 5.75 Å². The summed E-state index contributed by atoms with van der Waals surface area (Å²) in [6.07, 6.45) is 8.41. The molecule has 0 saturated carbocycles. The molecule has 0 radical (unpaired) electrons. The summed E-state index contributed by atoms with van der Waals surface area (Å²) in [5, 5.41) is 31.9. The van der Waals surface area contributed by atoms with E-state index in [4.69, 9.17) is 0 Å². The van der Waals surface area contributed by atoms with E-state index >= 15 is 0 Å². The zero-order valence-corrected chi connectivity index (χ0v) is 20.0. The van der Waals surface area contributed by atoms with Gasteiger partial charge in [-0.25, -0.2) is 4.79 Å². The van der Waals surface area contributed by atoms with Crippen molar-refractivity contribution < 1.29 is 24.9 Å². The molecule has 33 heavy (non-hydrogen) atoms. The molecule has 1 heterocycles. The quantitative estimate of drug-likeness (QED) is 0.416. The number of benzene rings is 1. The lowest BCUT2D eigenvalue weighted by Crippen LogP contribution is -2.54. The number of carboxylic acid groups (broad SMARTS) is 1. The van der Waals surface area contributed by atoms with Crippen LogP contribution in [0.3, 0.4) is 0 Å². The topological polar surface area (TPSA) is 94.8 Å². The number of hydrogen-bond donors (Lipinski definition) is 3. The standard InChI is InChI=1S/C27H26O5S/c1-14-13-26(4,32)21-22-25(3,11-10-24(21,2)9-8-18(29)30)19-16-7-6-15(28)12-17(16)33-20(19)23(31)27(14,22)5/h6-13,28,32H,1-5H3,(H,29,30)/b9-8+. The van der Waals surface area contributed by atoms with Gasteiger partial charge in [-0.1, -0.05) is 23.8 Å². The predicted octanol–water partition coefficient (Wildman–Crippen LogP) is 5.29. The van der Waals surface area contributed by atoms with Gasteiger partial charge in [0.05, 0.1) is 10.3 Å². The summed E-state index contributed by atoms with van der Waals surface area (Å²) >= 11 is 1.39. The molecule has 0 bridgehead atoms. The van der Waals surface area contributed by atoms with E-state index in [2.05, 4.69) is 13.0 Å². The van der Waals surface area contributed by atoms with Crippen LogP contribution < -0.4 is 0 Å². The number of rotatable bonds is 2. The van der Waals surface area contributed by atoms with Crippen molar-refractivity contribution in [3.63, 3.8) is 0 Å². The minimum absolute atomic E-state index is 0.0349. The molecule has 1 aromatic carbocycles. The van der Waals surface area contributed by atoms with Crippen LogP contribution >= 0.6 is 11.3 Å². The van der Waals surface area contributed by atoms with Gasteiger partial charge in [0.2, 0.25) is 0 Å². The Bertz CT molecular complexity index is 1400. The van der Waals surface area contributed by atoms with Crippen LogP contribution in [0.1, 0.15) is 49.9 Å². The molecule has 2 aromatic rings. The molecule has 3 N–H and O–H groups in total. The number of carbonyl (C=O) groups excluding carboxylic acids is 1. The van der Waals surface area contributed by atoms with Gasteiger partial charge in [0, 0.05) is 21.6 Å². The number of aliphatic carboxylic acids is 1. The largest absolute Gasteiger partial charge is 0.508 e. The summed E-state index contributed by atoms with van der Waals surface area (Å²) in [5.74, 6) is -0.960. The zero-order valence-electron chi connectivity index (χ0n) is 19.2. The molecule has 3 aliphatic carbocycles. The predicted molar refractivity (Wildman–Crippen MR) is 129 cm³/mol. The van der Waals surface area contributed by atoms with Crippen LogP contribution in [-0.2, 0) is 10.2 Å². The van der Waals surface area contributed by atoms with Crippen molar-refractivity contribution in [1.82, 2.24) is 0 Å². The van der Waals surface area contributed by atoms with Gasteiger partial charge in [-0.15, -0.1) is 11.3 Å². The molecule has 0 spiro atoms. The summed E-state index contributed by atoms with van der Waals surface area (Å²) < 4.78 is 0.833. The van der Waals surface area contributed by atoms with Gasteiger partial charge in [-0.05, 0) is 81.0 Å². The maximum Gasteiger partial charge on any atom is 0.328 e. The molecule has 3 aliphatic rings. The Hall–Kier alpha value is -2.96. The van der Waals surface area contributed by atoms with Gasteiger partial charge in [-0.2, -0.15) is 0 Å². The van der Waals surface area contributed by atoms with Crippen LogP contribution in [0.15, 0.2) is 65.3 Å². The summed E-state index contributed by atoms with van der Waals surface area (Å²) in [7, 11) is 0. The molecule has 0 fully saturated rings. The maximum absolute atomic E-state index is 14.2. The molecular formula is C27H26O5S. The fourth-order valence-electron chi connectivity index (χ4n) is 6.31. The van der Waals surface area contributed by atoms with Crippen molar-refractivity contribution in [2.75, 3.05) is 0 Å². The van der Waals surface area contributed by atoms with E-state index in [0.29, 0.717) is 10.5 Å². The molecule has 0 amide bonds. The normalized spacial score (nSPS) is 35.1. The van der Waals surface area contributed by atoms with Gasteiger partial charge in [0.1, 0.15) is 11.4 Å². The number of phenols is 1. The molecule has 0 saturated heterocycles. The minimum atomic E-state index is -1.37. The molecule has 4 atom stereocenters. The Morgan fingerprint density at radius 3 is 2.45 bits per heavy atom. The highest BCUT2D eigenvalue weighted by molar-refractivity contribution is 7.21. The molecule has 6 heteroatoms. The van der Waals surface area contributed by atoms with Crippen molar-refractivity contribution >= 4 is 33.2 Å². The number of carboxylic acids is 1. The molecule has 4 unspecified atom stereocenters. The number of hydrogen-bond acceptors (Lipinski definition) is 5. The number of aliphatic hydroxyl groups is 1. The SMILES string of the molecule is CC1=CC(C)(O)C2=C3C1(C)C(=O)c1sc4cc(O)ccc4c1C3(C)C=CC2(C)/C=C/C(=O)O. The maximum atomic E-state index is 14.2. The van der Waals surface area contributed by atoms with Crippen LogP contribution in [0.4, 0.5) is 0 Å². The van der Waals surface area contributed by atoms with Crippen LogP contribution in [0.5, 0.6) is 5.75 Å². The Morgan fingerprint density at radius 2 is 1.79 bits per heavy atom. The molecule has 5 nitrogen and oxygen atoms in total. The Balaban J connectivity index is 1.95. The lowest BCUT2D eigenvalue weighted by Gasteiger charge is -2.56. The number of phenolic OH excluding ortho intramolecular Hbond substituents is 1. The average molecular weight is 463 g/mol. The number of thiophene rings is 1. The van der Waals surface area contributed by atoms with Crippen LogP contribution in [-0.4, -0.2) is 32.7 Å². The first-order chi connectivity index (χ1) is 15.3. The minimum Gasteiger partial charge on any atom is -0.508 e. The van der Waals surface area contributed by atoms with Crippen LogP contribution in [0, 0.1) is 10.8 Å². The highest BCUT2D eigenvalue weighted by atomic mass is 32.1. The molecular weight excluding hydrogens is 436 g/mol. The Labute approximate surface area is 196 Å². The van der Waals surface area contributed by atoms with Crippen molar-refractivity contribution in [1.29, 1.82) is 0 Å². The third-order valence-corrected chi connectivity index (χ3v) is 8.94. The lowest BCUT2D eigenvalue weighted by molar-refractivity contribution is -0.131. The second-order valence-electron chi connectivity index (χ2n) is 10.2. The second-order valence-corrected chi connectivity index (χ2v) is 11.2. The molecule has 0 aliphatic heterocycles. The summed E-state index contributed by atoms with van der Waals surface area (Å²) in [4.78, 5) is 26.2. The van der Waals surface area contributed by atoms with Crippen LogP contribution in [0.25, 0.3) is 10.1 Å². The van der Waals surface area contributed by atoms with Gasteiger partial charge in [-0.3, -0.25) is 4.79 Å². The highest BCUT2D eigenvalue weighted by Gasteiger charge is 2.61. The average Bonchev–Trinajstić information content (AvgIpc) is 3.10.